The van der Waals surface area contributed by atoms with Crippen LogP contribution in [0.1, 0.15) is 67.3 Å². The van der Waals surface area contributed by atoms with Gasteiger partial charge in [-0.05, 0) is 45.5 Å². The zero-order valence-corrected chi connectivity index (χ0v) is 30.8. The van der Waals surface area contributed by atoms with Crippen molar-refractivity contribution >= 4 is 38.6 Å². The fraction of sp³-hybridized carbons (Fsp3) is 0.179. The van der Waals surface area contributed by atoms with E-state index in [1.807, 2.05) is 0 Å². The molecule has 0 radical (unpaired) electrons. The van der Waals surface area contributed by atoms with Crippen LogP contribution in [0.5, 0.6) is 0 Å². The third kappa shape index (κ3) is 7.19. The number of benzene rings is 5. The van der Waals surface area contributed by atoms with Gasteiger partial charge in [0.1, 0.15) is 0 Å². The zero-order valence-electron chi connectivity index (χ0n) is 26.4. The van der Waals surface area contributed by atoms with Gasteiger partial charge in [-0.25, -0.2) is 4.98 Å². The van der Waals surface area contributed by atoms with Crippen molar-refractivity contribution in [2.75, 3.05) is 0 Å². The van der Waals surface area contributed by atoms with Gasteiger partial charge in [0.25, 0.3) is 0 Å². The molecule has 1 atom stereocenters. The second-order valence-corrected chi connectivity index (χ2v) is 11.7. The minimum atomic E-state index is -0.177. The Morgan fingerprint density at radius 1 is 0.628 bits per heavy atom. The van der Waals surface area contributed by atoms with Crippen LogP contribution in [0.15, 0.2) is 109 Å². The average molecular weight is 749 g/mol. The Kier molecular flexibility index (Phi) is 13.1. The van der Waals surface area contributed by atoms with Crippen molar-refractivity contribution < 1.29 is 25.8 Å². The Bertz CT molecular complexity index is 1670. The summed E-state index contributed by atoms with van der Waals surface area (Å²) in [5.74, 6) is 0.764. The van der Waals surface area contributed by atoms with E-state index in [1.165, 1.54) is 38.2 Å². The van der Waals surface area contributed by atoms with Crippen LogP contribution in [-0.2, 0) is 25.8 Å². The molecule has 6 rings (SSSR count). The van der Waals surface area contributed by atoms with E-state index in [0.29, 0.717) is 11.8 Å². The average Bonchev–Trinajstić information content (AvgIpc) is 3.44. The summed E-state index contributed by atoms with van der Waals surface area (Å²) < 4.78 is 0. The minimum Gasteiger partial charge on any atom is -0.672 e. The van der Waals surface area contributed by atoms with E-state index in [2.05, 4.69) is 136 Å². The molecule has 1 unspecified atom stereocenters. The van der Waals surface area contributed by atoms with Crippen LogP contribution in [0, 0.1) is 22.3 Å². The molecule has 1 aromatic heterocycles. The van der Waals surface area contributed by atoms with E-state index in [-0.39, 0.29) is 54.2 Å². The molecule has 0 spiro atoms. The van der Waals surface area contributed by atoms with Crippen LogP contribution in [0.3, 0.4) is 0 Å². The fourth-order valence-corrected chi connectivity index (χ4v) is 6.39. The van der Waals surface area contributed by atoms with E-state index in [1.54, 1.807) is 11.3 Å². The van der Waals surface area contributed by atoms with Crippen molar-refractivity contribution in [1.82, 2.24) is 4.98 Å². The van der Waals surface area contributed by atoms with Crippen molar-refractivity contribution in [3.05, 3.63) is 158 Å². The number of aromatic nitrogens is 1. The van der Waals surface area contributed by atoms with E-state index < -0.39 is 0 Å². The smallest absolute Gasteiger partial charge is 0.672 e. The van der Waals surface area contributed by atoms with Crippen LogP contribution in [0.2, 0.25) is 0 Å². The molecule has 0 fully saturated rings. The molecule has 2 nitrogen and oxygen atoms in total. The predicted octanol–water partition coefficient (Wildman–Crippen LogP) is 12.5. The summed E-state index contributed by atoms with van der Waals surface area (Å²) in [6.07, 6.45) is 0. The van der Waals surface area contributed by atoms with Gasteiger partial charge in [0.15, 0.2) is 0 Å². The summed E-state index contributed by atoms with van der Waals surface area (Å²) in [5.41, 5.74) is 7.07. The van der Waals surface area contributed by atoms with Crippen LogP contribution in [0.25, 0.3) is 38.1 Å². The molecule has 218 valence electrons. The maximum atomic E-state index is 5.52. The van der Waals surface area contributed by atoms with Gasteiger partial charge < -0.3 is 27.6 Å². The molecule has 0 aliphatic carbocycles. The number of para-hydroxylation sites is 1. The molecule has 43 heavy (non-hydrogen) atoms. The quantitative estimate of drug-likeness (QED) is 0.0907. The molecule has 0 amide bonds. The van der Waals surface area contributed by atoms with Gasteiger partial charge in [-0.15, -0.1) is 17.0 Å². The van der Waals surface area contributed by atoms with E-state index in [9.17, 15) is 0 Å². The molecule has 0 N–H and O–H groups in total. The van der Waals surface area contributed by atoms with Gasteiger partial charge in [-0.1, -0.05) is 141 Å². The first kappa shape index (κ1) is 36.1. The molecule has 0 saturated heterocycles. The zero-order chi connectivity index (χ0) is 26.9. The molecule has 6 aromatic rings. The monoisotopic (exact) mass is 750 g/mol. The molecule has 0 saturated carbocycles. The third-order valence-corrected chi connectivity index (χ3v) is 8.40. The standard InChI is InChI=1S/C36H33N2S.3CH3.Hf/c1-23(2)28-19-12-20-29(24(3)4)35(28)38-34(25-13-6-5-7-14-25)36-37-32(22-39-36)33-30-17-10-8-15-26(30)21-27-16-9-11-18-31(27)33;;;;/h5-24,34H,1-4H3;3*1H3;/q4*-1;+4. The van der Waals surface area contributed by atoms with Crippen molar-refractivity contribution in [3.8, 4) is 11.3 Å². The first-order valence-corrected chi connectivity index (χ1v) is 14.6. The number of fused-ring (bicyclic) bond motifs is 2. The molecule has 1 heterocycles. The summed E-state index contributed by atoms with van der Waals surface area (Å²) in [7, 11) is 0. The van der Waals surface area contributed by atoms with Gasteiger partial charge in [0, 0.05) is 10.9 Å². The van der Waals surface area contributed by atoms with E-state index >= 15 is 0 Å². The second kappa shape index (κ2) is 15.6. The maximum absolute atomic E-state index is 5.52. The summed E-state index contributed by atoms with van der Waals surface area (Å²) in [4.78, 5) is 5.33. The van der Waals surface area contributed by atoms with Crippen molar-refractivity contribution in [1.29, 1.82) is 0 Å². The number of hydrogen-bond acceptors (Lipinski definition) is 2. The van der Waals surface area contributed by atoms with Crippen molar-refractivity contribution in [3.63, 3.8) is 0 Å². The Morgan fingerprint density at radius 2 is 1.14 bits per heavy atom. The van der Waals surface area contributed by atoms with Gasteiger partial charge >= 0.3 is 25.8 Å². The number of hydrogen-bond donors (Lipinski definition) is 0. The first-order valence-electron chi connectivity index (χ1n) is 13.8. The minimum absolute atomic E-state index is 0. The molecule has 4 heteroatoms. The Morgan fingerprint density at radius 3 is 1.67 bits per heavy atom. The van der Waals surface area contributed by atoms with Crippen LogP contribution in [0.4, 0.5) is 5.69 Å². The predicted molar refractivity (Wildman–Crippen MR) is 188 cm³/mol. The SMILES string of the molecule is CC(C)c1cccc(C(C)C)c1[N-]C(c1ccccc1)c1nc(-c2c3ccccc3cc3ccccc23)cs1.[CH3-].[CH3-].[CH3-].[Hf+4]. The van der Waals surface area contributed by atoms with Crippen LogP contribution >= 0.6 is 11.3 Å². The fourth-order valence-electron chi connectivity index (χ4n) is 5.52. The van der Waals surface area contributed by atoms with Crippen LogP contribution in [-0.4, -0.2) is 4.98 Å². The number of thiazole rings is 1. The topological polar surface area (TPSA) is 27.0 Å². The summed E-state index contributed by atoms with van der Waals surface area (Å²) in [6, 6.07) is 36.6. The first-order chi connectivity index (χ1) is 19.0. The molecular weight excluding hydrogens is 707 g/mol. The molecule has 0 aliphatic rings. The van der Waals surface area contributed by atoms with Gasteiger partial charge in [0.05, 0.1) is 10.7 Å². The summed E-state index contributed by atoms with van der Waals surface area (Å²) >= 11 is 1.71. The Hall–Kier alpha value is -3.08. The second-order valence-electron chi connectivity index (χ2n) is 10.8. The largest absolute Gasteiger partial charge is 4.00 e. The van der Waals surface area contributed by atoms with Gasteiger partial charge in [-0.2, -0.15) is 0 Å². The van der Waals surface area contributed by atoms with Crippen molar-refractivity contribution in [2.45, 2.75) is 45.6 Å². The van der Waals surface area contributed by atoms with Gasteiger partial charge in [0.2, 0.25) is 0 Å². The normalized spacial score (nSPS) is 11.3. The molecular formula is C39H42HfN2S. The third-order valence-electron chi connectivity index (χ3n) is 7.50. The Labute approximate surface area is 282 Å². The molecule has 0 bridgehead atoms. The van der Waals surface area contributed by atoms with Gasteiger partial charge in [-0.3, -0.25) is 0 Å². The summed E-state index contributed by atoms with van der Waals surface area (Å²) in [6.45, 7) is 9.01. The van der Waals surface area contributed by atoms with Crippen LogP contribution < -0.4 is 0 Å². The van der Waals surface area contributed by atoms with E-state index in [4.69, 9.17) is 10.3 Å². The summed E-state index contributed by atoms with van der Waals surface area (Å²) in [5, 5.41) is 13.7. The number of nitrogens with zero attached hydrogens (tertiary/aromatic N) is 2. The molecule has 5 aromatic carbocycles. The molecule has 0 aliphatic heterocycles. The van der Waals surface area contributed by atoms with E-state index in [0.717, 1.165) is 22.0 Å². The Balaban J connectivity index is 0.00000161. The van der Waals surface area contributed by atoms with Crippen molar-refractivity contribution in [2.24, 2.45) is 0 Å². The maximum Gasteiger partial charge on any atom is 4.00 e. The number of rotatable bonds is 7.